The monoisotopic (exact) mass is 759 g/mol. The topological polar surface area (TPSA) is 30.7 Å². The summed E-state index contributed by atoms with van der Waals surface area (Å²) in [6.07, 6.45) is 1.39. The third-order valence-electron chi connectivity index (χ3n) is 7.40. The largest absolute Gasteiger partial charge is 0.333 e. The maximum atomic E-state index is 7.23. The van der Waals surface area contributed by atoms with Crippen LogP contribution in [0.2, 0.25) is 0 Å². The first-order valence-electron chi connectivity index (χ1n) is 15.5. The van der Waals surface area contributed by atoms with E-state index in [0.717, 1.165) is 33.7 Å². The fourth-order valence-electron chi connectivity index (χ4n) is 5.20. The minimum absolute atomic E-state index is 0. The van der Waals surface area contributed by atoms with E-state index < -0.39 is 6.85 Å². The Balaban J connectivity index is 0.000000209. The van der Waals surface area contributed by atoms with E-state index in [0.29, 0.717) is 5.92 Å². The van der Waals surface area contributed by atoms with E-state index in [1.54, 1.807) is 29.5 Å². The predicted octanol–water partition coefficient (Wildman–Crippen LogP) is 10.3. The molecule has 0 atom stereocenters. The summed E-state index contributed by atoms with van der Waals surface area (Å²) in [7, 11) is 0. The van der Waals surface area contributed by atoms with E-state index in [9.17, 15) is 0 Å². The maximum Gasteiger partial charge on any atom is 0.0774 e. The number of thiophene rings is 1. The SMILES string of the molecule is Cc1cccc(C)c1-n1c(-c2[c-]sc3cc(C(C)C)ccc23)nc2ccccc21.[2H]C([2H])([2H])c1ccc(-c2[c-]cccc2)nc1.[Ir]. The number of benzene rings is 4. The van der Waals surface area contributed by atoms with E-state index in [1.807, 2.05) is 18.2 Å². The smallest absolute Gasteiger partial charge is 0.0774 e. The van der Waals surface area contributed by atoms with Crippen molar-refractivity contribution in [2.45, 2.75) is 40.5 Å². The van der Waals surface area contributed by atoms with Gasteiger partial charge in [0.05, 0.1) is 16.9 Å². The molecule has 43 heavy (non-hydrogen) atoms. The van der Waals surface area contributed by atoms with Gasteiger partial charge in [-0.3, -0.25) is 16.3 Å². The summed E-state index contributed by atoms with van der Waals surface area (Å²) in [5.74, 6) is 1.48. The summed E-state index contributed by atoms with van der Waals surface area (Å²) in [5.41, 5.74) is 10.1. The molecule has 3 nitrogen and oxygen atoms in total. The average molecular weight is 759 g/mol. The van der Waals surface area contributed by atoms with E-state index in [1.165, 1.54) is 38.7 Å². The Morgan fingerprint density at radius 2 is 1.67 bits per heavy atom. The fourth-order valence-corrected chi connectivity index (χ4v) is 6.09. The van der Waals surface area contributed by atoms with Gasteiger partial charge >= 0.3 is 0 Å². The van der Waals surface area contributed by atoms with Crippen LogP contribution >= 0.6 is 11.3 Å². The molecule has 7 aromatic rings. The Morgan fingerprint density at radius 1 is 0.884 bits per heavy atom. The zero-order valence-corrected chi connectivity index (χ0v) is 27.7. The van der Waals surface area contributed by atoms with Crippen LogP contribution < -0.4 is 0 Å². The minimum Gasteiger partial charge on any atom is -0.333 e. The number of aryl methyl sites for hydroxylation is 3. The molecular weight excluding hydrogens is 723 g/mol. The number of rotatable bonds is 4. The van der Waals surface area contributed by atoms with Crippen molar-refractivity contribution in [1.29, 1.82) is 0 Å². The molecule has 3 heterocycles. The number of para-hydroxylation sites is 3. The van der Waals surface area contributed by atoms with Crippen molar-refractivity contribution in [3.63, 3.8) is 0 Å². The molecule has 0 unspecified atom stereocenters. The Hall–Kier alpha value is -3.89. The third-order valence-corrected chi connectivity index (χ3v) is 8.26. The molecule has 0 aliphatic carbocycles. The van der Waals surface area contributed by atoms with Crippen LogP contribution in [0.25, 0.3) is 49.5 Å². The number of imidazole rings is 1. The molecule has 4 aromatic carbocycles. The molecule has 217 valence electrons. The molecule has 1 radical (unpaired) electrons. The van der Waals surface area contributed by atoms with Gasteiger partial charge in [0.15, 0.2) is 0 Å². The van der Waals surface area contributed by atoms with Crippen LogP contribution in [0.5, 0.6) is 0 Å². The second-order valence-electron chi connectivity index (χ2n) is 10.7. The van der Waals surface area contributed by atoms with Gasteiger partial charge in [-0.05, 0) is 61.1 Å². The molecule has 0 saturated heterocycles. The van der Waals surface area contributed by atoms with Gasteiger partial charge in [0.25, 0.3) is 0 Å². The van der Waals surface area contributed by atoms with Crippen molar-refractivity contribution >= 4 is 32.5 Å². The van der Waals surface area contributed by atoms with Gasteiger partial charge in [-0.25, -0.2) is 0 Å². The third kappa shape index (κ3) is 6.26. The van der Waals surface area contributed by atoms with Gasteiger partial charge in [0, 0.05) is 36.1 Å². The Bertz CT molecular complexity index is 2080. The molecular formula is C38H33IrN3S-2. The first kappa shape index (κ1) is 26.7. The van der Waals surface area contributed by atoms with Gasteiger partial charge in [-0.15, -0.1) is 47.3 Å². The number of pyridine rings is 1. The zero-order valence-electron chi connectivity index (χ0n) is 27.5. The molecule has 0 amide bonds. The van der Waals surface area contributed by atoms with Crippen molar-refractivity contribution < 1.29 is 24.2 Å². The normalized spacial score (nSPS) is 12.3. The van der Waals surface area contributed by atoms with Crippen LogP contribution in [0.3, 0.4) is 0 Å². The molecule has 0 fully saturated rings. The summed E-state index contributed by atoms with van der Waals surface area (Å²) < 4.78 is 25.3. The Labute approximate surface area is 275 Å². The molecule has 0 bridgehead atoms. The summed E-state index contributed by atoms with van der Waals surface area (Å²) in [6.45, 7) is 6.72. The van der Waals surface area contributed by atoms with Crippen LogP contribution in [-0.2, 0) is 20.1 Å². The van der Waals surface area contributed by atoms with Crippen LogP contribution in [0.1, 0.15) is 46.1 Å². The van der Waals surface area contributed by atoms with Crippen LogP contribution in [0.4, 0.5) is 0 Å². The molecule has 0 spiro atoms. The summed E-state index contributed by atoms with van der Waals surface area (Å²) >= 11 is 1.68. The number of hydrogen-bond donors (Lipinski definition) is 0. The minimum atomic E-state index is -2.09. The van der Waals surface area contributed by atoms with Crippen LogP contribution in [-0.4, -0.2) is 14.5 Å². The Morgan fingerprint density at radius 3 is 2.37 bits per heavy atom. The molecule has 0 saturated carbocycles. The second kappa shape index (κ2) is 13.2. The van der Waals surface area contributed by atoms with Gasteiger partial charge in [-0.2, -0.15) is 0 Å². The van der Waals surface area contributed by atoms with E-state index in [-0.39, 0.29) is 25.7 Å². The van der Waals surface area contributed by atoms with Gasteiger partial charge in [0.2, 0.25) is 0 Å². The average Bonchev–Trinajstić information content (AvgIpc) is 3.63. The number of hydrogen-bond acceptors (Lipinski definition) is 3. The van der Waals surface area contributed by atoms with Gasteiger partial charge < -0.3 is 9.55 Å². The van der Waals surface area contributed by atoms with E-state index in [2.05, 4.69) is 109 Å². The number of fused-ring (bicyclic) bond motifs is 2. The first-order valence-corrected chi connectivity index (χ1v) is 14.9. The molecule has 7 rings (SSSR count). The van der Waals surface area contributed by atoms with Crippen molar-refractivity contribution in [3.05, 3.63) is 137 Å². The quantitative estimate of drug-likeness (QED) is 0.167. The Kier molecular flexibility index (Phi) is 8.19. The maximum absolute atomic E-state index is 7.23. The van der Waals surface area contributed by atoms with Crippen LogP contribution in [0, 0.1) is 32.1 Å². The molecule has 0 N–H and O–H groups in total. The van der Waals surface area contributed by atoms with Crippen molar-refractivity contribution in [2.75, 3.05) is 0 Å². The fraction of sp³-hybridized carbons (Fsp3) is 0.158. The molecule has 0 aliphatic rings. The van der Waals surface area contributed by atoms with Crippen LogP contribution in [0.15, 0.2) is 103 Å². The second-order valence-corrected chi connectivity index (χ2v) is 11.5. The summed E-state index contributed by atoms with van der Waals surface area (Å²) in [5, 5.41) is 4.79. The molecule has 5 heteroatoms. The first-order chi connectivity index (χ1) is 21.6. The standard InChI is InChI=1S/C26H23N2S.C12H10N.Ir/c1-16(2)19-12-13-20-21(15-29-24(20)14-19)26-27-22-10-5-6-11-23(22)28(26)25-17(3)8-7-9-18(25)4;1-10-7-8-12(13-9-10)11-5-3-2-4-6-11;/h5-14,16H,1-4H3;2-5,7-9H,1H3;/q2*-1;/i;1D3;. The molecule has 0 aliphatic heterocycles. The number of aromatic nitrogens is 3. The van der Waals surface area contributed by atoms with Gasteiger partial charge in [0.1, 0.15) is 0 Å². The predicted molar refractivity (Wildman–Crippen MR) is 178 cm³/mol. The van der Waals surface area contributed by atoms with Crippen molar-refractivity contribution in [3.8, 4) is 28.3 Å². The summed E-state index contributed by atoms with van der Waals surface area (Å²) in [4.78, 5) is 9.18. The van der Waals surface area contributed by atoms with E-state index in [4.69, 9.17) is 9.10 Å². The van der Waals surface area contributed by atoms with Crippen molar-refractivity contribution in [2.24, 2.45) is 0 Å². The van der Waals surface area contributed by atoms with Crippen molar-refractivity contribution in [1.82, 2.24) is 14.5 Å². The van der Waals surface area contributed by atoms with E-state index >= 15 is 0 Å². The molecule has 3 aromatic heterocycles. The zero-order chi connectivity index (χ0) is 31.7. The summed E-state index contributed by atoms with van der Waals surface area (Å²) in [6, 6.07) is 35.4. The number of nitrogens with zero attached hydrogens (tertiary/aromatic N) is 3. The van der Waals surface area contributed by atoms with Gasteiger partial charge in [-0.1, -0.05) is 89.7 Å².